The molecule has 0 spiro atoms. The minimum absolute atomic E-state index is 0.0743. The second-order valence-corrected chi connectivity index (χ2v) is 7.69. The molecule has 2 unspecified atom stereocenters. The molecule has 5 heteroatoms. The SMILES string of the molecule is C/C=C/COc1cc(C)c(OC(C)CCC(C)Oc2cccc(C=NOC)c2)c(C)c1. The van der Waals surface area contributed by atoms with Crippen LogP contribution in [0.1, 0.15) is 50.3 Å². The first-order valence-corrected chi connectivity index (χ1v) is 10.8. The maximum atomic E-state index is 6.26. The van der Waals surface area contributed by atoms with Crippen LogP contribution in [0.15, 0.2) is 53.7 Å². The molecule has 0 saturated heterocycles. The molecule has 0 aliphatic carbocycles. The Morgan fingerprint density at radius 2 is 1.61 bits per heavy atom. The fourth-order valence-corrected chi connectivity index (χ4v) is 3.22. The van der Waals surface area contributed by atoms with Crippen molar-refractivity contribution in [2.75, 3.05) is 13.7 Å². The molecule has 0 aliphatic heterocycles. The summed E-state index contributed by atoms with van der Waals surface area (Å²) in [6, 6.07) is 11.9. The largest absolute Gasteiger partial charge is 0.491 e. The van der Waals surface area contributed by atoms with Gasteiger partial charge in [-0.3, -0.25) is 0 Å². The Morgan fingerprint density at radius 3 is 2.26 bits per heavy atom. The first-order chi connectivity index (χ1) is 14.9. The molecular formula is C26H35NO4. The van der Waals surface area contributed by atoms with E-state index < -0.39 is 0 Å². The van der Waals surface area contributed by atoms with Gasteiger partial charge in [0.15, 0.2) is 0 Å². The maximum Gasteiger partial charge on any atom is 0.125 e. The van der Waals surface area contributed by atoms with E-state index >= 15 is 0 Å². The third-order valence-electron chi connectivity index (χ3n) is 4.82. The van der Waals surface area contributed by atoms with E-state index in [1.807, 2.05) is 55.5 Å². The molecule has 0 bridgehead atoms. The Kier molecular flexibility index (Phi) is 9.95. The van der Waals surface area contributed by atoms with Crippen LogP contribution in [0.3, 0.4) is 0 Å². The highest BCUT2D eigenvalue weighted by molar-refractivity contribution is 5.79. The van der Waals surface area contributed by atoms with Gasteiger partial charge in [-0.15, -0.1) is 0 Å². The molecular weight excluding hydrogens is 390 g/mol. The summed E-state index contributed by atoms with van der Waals surface area (Å²) in [6.45, 7) is 10.9. The predicted octanol–water partition coefficient (Wildman–Crippen LogP) is 6.25. The van der Waals surface area contributed by atoms with E-state index in [1.165, 1.54) is 7.11 Å². The van der Waals surface area contributed by atoms with Crippen molar-refractivity contribution in [3.8, 4) is 17.2 Å². The first kappa shape index (κ1) is 24.3. The highest BCUT2D eigenvalue weighted by Gasteiger charge is 2.13. The summed E-state index contributed by atoms with van der Waals surface area (Å²) in [5.41, 5.74) is 3.11. The van der Waals surface area contributed by atoms with Gasteiger partial charge in [0, 0.05) is 0 Å². The van der Waals surface area contributed by atoms with Crippen molar-refractivity contribution in [3.05, 3.63) is 65.2 Å². The van der Waals surface area contributed by atoms with E-state index in [2.05, 4.69) is 32.9 Å². The summed E-state index contributed by atoms with van der Waals surface area (Å²) in [5.74, 6) is 2.62. The smallest absolute Gasteiger partial charge is 0.125 e. The number of aryl methyl sites for hydroxylation is 2. The van der Waals surface area contributed by atoms with E-state index in [0.29, 0.717) is 6.61 Å². The summed E-state index contributed by atoms with van der Waals surface area (Å²) in [4.78, 5) is 4.73. The number of benzene rings is 2. The van der Waals surface area contributed by atoms with Crippen LogP contribution in [0.4, 0.5) is 0 Å². The number of hydrogen-bond acceptors (Lipinski definition) is 5. The number of ether oxygens (including phenoxy) is 3. The number of nitrogens with zero attached hydrogens (tertiary/aromatic N) is 1. The first-order valence-electron chi connectivity index (χ1n) is 10.8. The zero-order valence-corrected chi connectivity index (χ0v) is 19.6. The van der Waals surface area contributed by atoms with Crippen LogP contribution in [-0.2, 0) is 4.84 Å². The van der Waals surface area contributed by atoms with E-state index in [0.717, 1.165) is 46.8 Å². The molecule has 2 atom stereocenters. The van der Waals surface area contributed by atoms with E-state index in [9.17, 15) is 0 Å². The van der Waals surface area contributed by atoms with Gasteiger partial charge >= 0.3 is 0 Å². The van der Waals surface area contributed by atoms with E-state index in [4.69, 9.17) is 19.0 Å². The Labute approximate surface area is 186 Å². The van der Waals surface area contributed by atoms with Crippen molar-refractivity contribution in [3.63, 3.8) is 0 Å². The van der Waals surface area contributed by atoms with Gasteiger partial charge in [0.2, 0.25) is 0 Å². The predicted molar refractivity (Wildman–Crippen MR) is 127 cm³/mol. The molecule has 0 N–H and O–H groups in total. The second-order valence-electron chi connectivity index (χ2n) is 7.69. The fraction of sp³-hybridized carbons (Fsp3) is 0.423. The van der Waals surface area contributed by atoms with E-state index in [1.54, 1.807) is 6.21 Å². The molecule has 0 aliphatic rings. The van der Waals surface area contributed by atoms with Crippen LogP contribution in [0.25, 0.3) is 0 Å². The summed E-state index contributed by atoms with van der Waals surface area (Å²) >= 11 is 0. The van der Waals surface area contributed by atoms with Crippen LogP contribution in [0, 0.1) is 13.8 Å². The molecule has 2 aromatic carbocycles. The van der Waals surface area contributed by atoms with Gasteiger partial charge in [0.1, 0.15) is 31.0 Å². The number of allylic oxidation sites excluding steroid dienone is 1. The lowest BCUT2D eigenvalue weighted by Gasteiger charge is -2.21. The lowest BCUT2D eigenvalue weighted by molar-refractivity contribution is 0.159. The molecule has 5 nitrogen and oxygen atoms in total. The van der Waals surface area contributed by atoms with Gasteiger partial charge in [-0.1, -0.05) is 29.4 Å². The summed E-state index contributed by atoms with van der Waals surface area (Å²) in [5, 5.41) is 3.79. The Bertz CT molecular complexity index is 852. The molecule has 31 heavy (non-hydrogen) atoms. The molecule has 0 radical (unpaired) electrons. The van der Waals surface area contributed by atoms with E-state index in [-0.39, 0.29) is 12.2 Å². The van der Waals surface area contributed by atoms with Gasteiger partial charge in [-0.2, -0.15) is 0 Å². The standard InChI is InChI=1S/C26H35NO4/c1-7-8-14-29-25-15-19(2)26(20(3)16-25)31-22(5)13-12-21(4)30-24-11-9-10-23(17-24)18-27-28-6/h7-11,15-18,21-22H,12-14H2,1-6H3/b8-7+,27-18?. The lowest BCUT2D eigenvalue weighted by atomic mass is 10.1. The summed E-state index contributed by atoms with van der Waals surface area (Å²) in [7, 11) is 1.53. The van der Waals surface area contributed by atoms with Crippen molar-refractivity contribution in [1.29, 1.82) is 0 Å². The van der Waals surface area contributed by atoms with Crippen molar-refractivity contribution < 1.29 is 19.0 Å². The van der Waals surface area contributed by atoms with Crippen LogP contribution in [0.2, 0.25) is 0 Å². The van der Waals surface area contributed by atoms with Crippen molar-refractivity contribution >= 4 is 6.21 Å². The topological polar surface area (TPSA) is 49.3 Å². The fourth-order valence-electron chi connectivity index (χ4n) is 3.22. The highest BCUT2D eigenvalue weighted by Crippen LogP contribution is 2.30. The number of hydrogen-bond donors (Lipinski definition) is 0. The average Bonchev–Trinajstić information content (AvgIpc) is 2.74. The monoisotopic (exact) mass is 425 g/mol. The second kappa shape index (κ2) is 12.7. The number of rotatable bonds is 12. The zero-order valence-electron chi connectivity index (χ0n) is 19.6. The Morgan fingerprint density at radius 1 is 0.935 bits per heavy atom. The van der Waals surface area contributed by atoms with Crippen LogP contribution >= 0.6 is 0 Å². The zero-order chi connectivity index (χ0) is 22.6. The van der Waals surface area contributed by atoms with Crippen molar-refractivity contribution in [2.45, 2.75) is 59.7 Å². The van der Waals surface area contributed by atoms with Crippen molar-refractivity contribution in [2.24, 2.45) is 5.16 Å². The maximum absolute atomic E-state index is 6.26. The van der Waals surface area contributed by atoms with Gasteiger partial charge in [-0.25, -0.2) is 0 Å². The summed E-state index contributed by atoms with van der Waals surface area (Å²) in [6.07, 6.45) is 7.57. The summed E-state index contributed by atoms with van der Waals surface area (Å²) < 4.78 is 18.1. The molecule has 0 fully saturated rings. The molecule has 2 rings (SSSR count). The Hall–Kier alpha value is -2.95. The Balaban J connectivity index is 1.87. The average molecular weight is 426 g/mol. The normalized spacial score (nSPS) is 13.4. The highest BCUT2D eigenvalue weighted by atomic mass is 16.6. The quantitative estimate of drug-likeness (QED) is 0.229. The van der Waals surface area contributed by atoms with Crippen LogP contribution in [0.5, 0.6) is 17.2 Å². The molecule has 0 aromatic heterocycles. The molecule has 0 saturated carbocycles. The molecule has 168 valence electrons. The van der Waals surface area contributed by atoms with Gasteiger partial charge in [0.25, 0.3) is 0 Å². The lowest BCUT2D eigenvalue weighted by Crippen LogP contribution is -2.19. The van der Waals surface area contributed by atoms with Gasteiger partial charge in [0.05, 0.1) is 18.4 Å². The minimum atomic E-state index is 0.0743. The third-order valence-corrected chi connectivity index (χ3v) is 4.82. The van der Waals surface area contributed by atoms with Crippen LogP contribution < -0.4 is 14.2 Å². The number of oxime groups is 1. The van der Waals surface area contributed by atoms with Gasteiger partial charge < -0.3 is 19.0 Å². The van der Waals surface area contributed by atoms with Crippen LogP contribution in [-0.4, -0.2) is 32.1 Å². The van der Waals surface area contributed by atoms with Gasteiger partial charge in [-0.05, 0) is 88.4 Å². The minimum Gasteiger partial charge on any atom is -0.491 e. The molecule has 0 amide bonds. The third kappa shape index (κ3) is 8.36. The molecule has 0 heterocycles. The van der Waals surface area contributed by atoms with Crippen molar-refractivity contribution in [1.82, 2.24) is 0 Å². The molecule has 2 aromatic rings.